The number of rotatable bonds is 2. The molecule has 8 aromatic carbocycles. The molecule has 49 heavy (non-hydrogen) atoms. The van der Waals surface area contributed by atoms with Gasteiger partial charge in [-0.2, -0.15) is 0 Å². The van der Waals surface area contributed by atoms with Gasteiger partial charge in [-0.1, -0.05) is 105 Å². The van der Waals surface area contributed by atoms with Gasteiger partial charge in [0.25, 0.3) is 0 Å². The monoisotopic (exact) mass is 626 g/mol. The first-order valence-electron chi connectivity index (χ1n) is 17.0. The maximum Gasteiger partial charge on any atom is 0.136 e. The standard InChI is InChI=1S/C47H30O2/c1-47(2)40-24-29(28-18-21-43-39(22-28)36-13-5-8-27-9-7-15-44(48-43)46(27)36)16-19-33(40)38-23-30-10-6-12-32(37(30)26-41(38)47)31-17-20-35-34-11-3-4-14-42(34)49-45(35)25-31/h3-26H,1-2H3. The number of benzene rings is 8. The Bertz CT molecular complexity index is 2880. The molecular formula is C47H30O2. The van der Waals surface area contributed by atoms with Crippen molar-refractivity contribution in [2.24, 2.45) is 0 Å². The Balaban J connectivity index is 1.02. The lowest BCUT2D eigenvalue weighted by Gasteiger charge is -2.23. The summed E-state index contributed by atoms with van der Waals surface area (Å²) in [5.74, 6) is 1.84. The van der Waals surface area contributed by atoms with Gasteiger partial charge < -0.3 is 9.15 Å². The van der Waals surface area contributed by atoms with Crippen molar-refractivity contribution in [3.63, 3.8) is 0 Å². The van der Waals surface area contributed by atoms with E-state index in [0.29, 0.717) is 0 Å². The second-order valence-corrected chi connectivity index (χ2v) is 14.1. The van der Waals surface area contributed by atoms with Gasteiger partial charge in [-0.15, -0.1) is 0 Å². The first-order chi connectivity index (χ1) is 24.0. The minimum absolute atomic E-state index is 0.160. The molecule has 1 aliphatic carbocycles. The predicted octanol–water partition coefficient (Wildman–Crippen LogP) is 13.3. The number of hydrogen-bond acceptors (Lipinski definition) is 2. The van der Waals surface area contributed by atoms with Gasteiger partial charge in [-0.25, -0.2) is 0 Å². The van der Waals surface area contributed by atoms with Gasteiger partial charge in [-0.3, -0.25) is 0 Å². The molecule has 1 aliphatic heterocycles. The lowest BCUT2D eigenvalue weighted by Crippen LogP contribution is -2.15. The Morgan fingerprint density at radius 1 is 0.408 bits per heavy atom. The van der Waals surface area contributed by atoms with Crippen LogP contribution in [0.4, 0.5) is 0 Å². The van der Waals surface area contributed by atoms with Gasteiger partial charge in [0, 0.05) is 27.1 Å². The summed E-state index contributed by atoms with van der Waals surface area (Å²) >= 11 is 0. The molecule has 0 saturated carbocycles. The van der Waals surface area contributed by atoms with Crippen molar-refractivity contribution in [1.82, 2.24) is 0 Å². The Hall–Kier alpha value is -6.12. The van der Waals surface area contributed by atoms with E-state index in [1.165, 1.54) is 71.6 Å². The molecule has 2 aliphatic rings. The van der Waals surface area contributed by atoms with Crippen molar-refractivity contribution in [3.05, 3.63) is 157 Å². The molecule has 0 bridgehead atoms. The van der Waals surface area contributed by atoms with E-state index in [-0.39, 0.29) is 5.41 Å². The molecule has 0 fully saturated rings. The van der Waals surface area contributed by atoms with Crippen LogP contribution in [0, 0.1) is 0 Å². The van der Waals surface area contributed by atoms with Crippen LogP contribution in [0.3, 0.4) is 0 Å². The van der Waals surface area contributed by atoms with Crippen molar-refractivity contribution in [2.75, 3.05) is 0 Å². The molecule has 2 heteroatoms. The Morgan fingerprint density at radius 2 is 1.14 bits per heavy atom. The first kappa shape index (κ1) is 26.9. The zero-order chi connectivity index (χ0) is 32.4. The number of hydrogen-bond donors (Lipinski definition) is 0. The summed E-state index contributed by atoms with van der Waals surface area (Å²) in [5.41, 5.74) is 14.2. The Labute approximate surface area is 283 Å². The summed E-state index contributed by atoms with van der Waals surface area (Å²) in [6.45, 7) is 4.74. The van der Waals surface area contributed by atoms with Crippen LogP contribution in [0.2, 0.25) is 0 Å². The molecule has 0 amide bonds. The second-order valence-electron chi connectivity index (χ2n) is 14.1. The van der Waals surface area contributed by atoms with Crippen LogP contribution in [-0.2, 0) is 5.41 Å². The third-order valence-corrected chi connectivity index (χ3v) is 11.1. The molecule has 0 radical (unpaired) electrons. The van der Waals surface area contributed by atoms with Crippen molar-refractivity contribution >= 4 is 43.5 Å². The van der Waals surface area contributed by atoms with Crippen molar-refractivity contribution < 1.29 is 9.15 Å². The van der Waals surface area contributed by atoms with Crippen LogP contribution in [0.25, 0.3) is 88.0 Å². The van der Waals surface area contributed by atoms with E-state index in [9.17, 15) is 0 Å². The zero-order valence-electron chi connectivity index (χ0n) is 27.2. The van der Waals surface area contributed by atoms with Crippen LogP contribution in [0.15, 0.2) is 150 Å². The van der Waals surface area contributed by atoms with Crippen LogP contribution in [0.5, 0.6) is 11.5 Å². The molecule has 0 spiro atoms. The van der Waals surface area contributed by atoms with Crippen LogP contribution in [-0.4, -0.2) is 0 Å². The number of para-hydroxylation sites is 1. The van der Waals surface area contributed by atoms with E-state index in [4.69, 9.17) is 9.15 Å². The highest BCUT2D eigenvalue weighted by atomic mass is 16.5. The highest BCUT2D eigenvalue weighted by Crippen LogP contribution is 2.52. The fourth-order valence-corrected chi connectivity index (χ4v) is 8.57. The largest absolute Gasteiger partial charge is 0.456 e. The van der Waals surface area contributed by atoms with Crippen molar-refractivity contribution in [2.45, 2.75) is 19.3 Å². The fourth-order valence-electron chi connectivity index (χ4n) is 8.57. The van der Waals surface area contributed by atoms with Gasteiger partial charge in [0.05, 0.1) is 0 Å². The van der Waals surface area contributed by atoms with E-state index >= 15 is 0 Å². The summed E-state index contributed by atoms with van der Waals surface area (Å²) in [5, 5.41) is 7.21. The lowest BCUT2D eigenvalue weighted by molar-refractivity contribution is 0.487. The Kier molecular flexibility index (Phi) is 5.21. The molecule has 230 valence electrons. The number of fused-ring (bicyclic) bond motifs is 9. The third kappa shape index (κ3) is 3.72. The summed E-state index contributed by atoms with van der Waals surface area (Å²) in [6.07, 6.45) is 0. The molecule has 2 nitrogen and oxygen atoms in total. The molecule has 2 heterocycles. The summed E-state index contributed by atoms with van der Waals surface area (Å²) in [6, 6.07) is 52.9. The minimum Gasteiger partial charge on any atom is -0.456 e. The molecule has 11 rings (SSSR count). The van der Waals surface area contributed by atoms with Crippen molar-refractivity contribution in [1.29, 1.82) is 0 Å². The molecule has 9 aromatic rings. The number of furan rings is 1. The molecule has 0 atom stereocenters. The van der Waals surface area contributed by atoms with E-state index in [1.807, 2.05) is 12.1 Å². The zero-order valence-corrected chi connectivity index (χ0v) is 27.2. The van der Waals surface area contributed by atoms with Crippen LogP contribution < -0.4 is 4.74 Å². The van der Waals surface area contributed by atoms with Gasteiger partial charge in [-0.05, 0) is 121 Å². The highest BCUT2D eigenvalue weighted by molar-refractivity contribution is 6.08. The van der Waals surface area contributed by atoms with E-state index in [1.54, 1.807) is 0 Å². The minimum atomic E-state index is -0.160. The normalized spacial score (nSPS) is 13.8. The van der Waals surface area contributed by atoms with E-state index < -0.39 is 0 Å². The highest BCUT2D eigenvalue weighted by Gasteiger charge is 2.36. The SMILES string of the molecule is CC1(C)c2cc(-c3ccc4c(c3)-c3cccc5cccc(c35)O4)ccc2-c2cc3cccc(-c4ccc5c(c4)oc4ccccc45)c3cc21. The molecule has 0 unspecified atom stereocenters. The first-order valence-corrected chi connectivity index (χ1v) is 17.0. The maximum absolute atomic E-state index is 6.40. The lowest BCUT2D eigenvalue weighted by atomic mass is 9.80. The fraction of sp³-hybridized carbons (Fsp3) is 0.0638. The van der Waals surface area contributed by atoms with E-state index in [0.717, 1.165) is 39.0 Å². The molecule has 1 aromatic heterocycles. The average molecular weight is 627 g/mol. The molecular weight excluding hydrogens is 597 g/mol. The number of ether oxygens (including phenoxy) is 1. The van der Waals surface area contributed by atoms with Gasteiger partial charge in [0.1, 0.15) is 22.7 Å². The van der Waals surface area contributed by atoms with Crippen LogP contribution in [0.1, 0.15) is 25.0 Å². The maximum atomic E-state index is 6.40. The average Bonchev–Trinajstić information content (AvgIpc) is 3.61. The molecule has 0 saturated heterocycles. The predicted molar refractivity (Wildman–Crippen MR) is 203 cm³/mol. The smallest absolute Gasteiger partial charge is 0.136 e. The molecule has 0 N–H and O–H groups in total. The quantitative estimate of drug-likeness (QED) is 0.190. The topological polar surface area (TPSA) is 22.4 Å². The summed E-state index contributed by atoms with van der Waals surface area (Å²) < 4.78 is 12.7. The third-order valence-electron chi connectivity index (χ3n) is 11.1. The van der Waals surface area contributed by atoms with Gasteiger partial charge in [0.15, 0.2) is 0 Å². The van der Waals surface area contributed by atoms with Crippen LogP contribution >= 0.6 is 0 Å². The summed E-state index contributed by atoms with van der Waals surface area (Å²) in [7, 11) is 0. The van der Waals surface area contributed by atoms with E-state index in [2.05, 4.69) is 147 Å². The van der Waals surface area contributed by atoms with Crippen molar-refractivity contribution in [3.8, 4) is 56.0 Å². The van der Waals surface area contributed by atoms with Gasteiger partial charge in [0.2, 0.25) is 0 Å². The summed E-state index contributed by atoms with van der Waals surface area (Å²) in [4.78, 5) is 0. The second kappa shape index (κ2) is 9.49. The van der Waals surface area contributed by atoms with Gasteiger partial charge >= 0.3 is 0 Å². The Morgan fingerprint density at radius 3 is 2.06 bits per heavy atom.